The van der Waals surface area contributed by atoms with Gasteiger partial charge in [-0.2, -0.15) is 0 Å². The van der Waals surface area contributed by atoms with Crippen molar-refractivity contribution in [3.8, 4) is 5.75 Å². The van der Waals surface area contributed by atoms with Crippen LogP contribution in [0.2, 0.25) is 0 Å². The van der Waals surface area contributed by atoms with Gasteiger partial charge in [-0.25, -0.2) is 9.79 Å². The molecule has 0 atom stereocenters. The van der Waals surface area contributed by atoms with Crippen molar-refractivity contribution < 1.29 is 14.3 Å². The van der Waals surface area contributed by atoms with Crippen LogP contribution in [-0.2, 0) is 16.1 Å². The van der Waals surface area contributed by atoms with E-state index in [4.69, 9.17) is 9.47 Å². The van der Waals surface area contributed by atoms with Crippen LogP contribution in [0.4, 0.5) is 0 Å². The van der Waals surface area contributed by atoms with Crippen LogP contribution in [0.5, 0.6) is 5.75 Å². The van der Waals surface area contributed by atoms with Gasteiger partial charge < -0.3 is 9.47 Å². The lowest BCUT2D eigenvalue weighted by atomic mass is 10.1. The lowest BCUT2D eigenvalue weighted by molar-refractivity contribution is -0.129. The molecule has 0 aromatic heterocycles. The summed E-state index contributed by atoms with van der Waals surface area (Å²) in [5.74, 6) is 0.660. The van der Waals surface area contributed by atoms with E-state index >= 15 is 0 Å². The van der Waals surface area contributed by atoms with Crippen LogP contribution >= 0.6 is 0 Å². The molecule has 4 nitrogen and oxygen atoms in total. The first kappa shape index (κ1) is 18.7. The van der Waals surface area contributed by atoms with E-state index in [9.17, 15) is 4.79 Å². The number of esters is 1. The van der Waals surface area contributed by atoms with E-state index in [0.29, 0.717) is 12.5 Å². The number of rotatable bonds is 5. The van der Waals surface area contributed by atoms with Crippen LogP contribution in [0.25, 0.3) is 6.08 Å². The first-order valence-electron chi connectivity index (χ1n) is 9.45. The van der Waals surface area contributed by atoms with Crippen LogP contribution in [0, 0.1) is 13.8 Å². The molecule has 0 spiro atoms. The number of nitrogens with zero attached hydrogens (tertiary/aromatic N) is 1. The zero-order chi connectivity index (χ0) is 20.2. The van der Waals surface area contributed by atoms with E-state index < -0.39 is 5.97 Å². The maximum absolute atomic E-state index is 12.2. The second-order valence-corrected chi connectivity index (χ2v) is 6.99. The molecule has 144 valence electrons. The van der Waals surface area contributed by atoms with Gasteiger partial charge in [0.15, 0.2) is 5.70 Å². The van der Waals surface area contributed by atoms with Crippen molar-refractivity contribution in [1.82, 2.24) is 0 Å². The summed E-state index contributed by atoms with van der Waals surface area (Å²) in [5, 5.41) is 0. The molecule has 0 fully saturated rings. The summed E-state index contributed by atoms with van der Waals surface area (Å²) in [4.78, 5) is 16.5. The number of hydrogen-bond acceptors (Lipinski definition) is 4. The standard InChI is InChI=1S/C25H21NO3/c1-17-7-11-20(12-8-17)24-26-23(25(27)29-24)15-19-9-13-22(14-10-19)28-16-21-6-4-3-5-18(21)2/h3-15H,16H2,1-2H3/b23-15+. The highest BCUT2D eigenvalue weighted by Gasteiger charge is 2.23. The molecule has 0 radical (unpaired) electrons. The lowest BCUT2D eigenvalue weighted by Gasteiger charge is -2.08. The van der Waals surface area contributed by atoms with Gasteiger partial charge >= 0.3 is 5.97 Å². The monoisotopic (exact) mass is 383 g/mol. The molecule has 3 aromatic carbocycles. The smallest absolute Gasteiger partial charge is 0.363 e. The highest BCUT2D eigenvalue weighted by Crippen LogP contribution is 2.21. The van der Waals surface area contributed by atoms with Gasteiger partial charge in [0.2, 0.25) is 5.90 Å². The summed E-state index contributed by atoms with van der Waals surface area (Å²) in [6.07, 6.45) is 1.72. The normalized spacial score (nSPS) is 14.6. The predicted molar refractivity (Wildman–Crippen MR) is 114 cm³/mol. The zero-order valence-corrected chi connectivity index (χ0v) is 16.4. The average molecular weight is 383 g/mol. The minimum Gasteiger partial charge on any atom is -0.489 e. The SMILES string of the molecule is Cc1ccc(C2=N/C(=C/c3ccc(OCc4ccccc4C)cc3)C(=O)O2)cc1. The number of benzene rings is 3. The van der Waals surface area contributed by atoms with E-state index in [1.807, 2.05) is 67.6 Å². The molecule has 4 heteroatoms. The van der Waals surface area contributed by atoms with E-state index in [1.165, 1.54) is 5.56 Å². The molecule has 0 N–H and O–H groups in total. The molecule has 4 rings (SSSR count). The zero-order valence-electron chi connectivity index (χ0n) is 16.4. The lowest BCUT2D eigenvalue weighted by Crippen LogP contribution is -2.05. The summed E-state index contributed by atoms with van der Waals surface area (Å²) < 4.78 is 11.2. The molecule has 0 saturated carbocycles. The molecule has 0 unspecified atom stereocenters. The summed E-state index contributed by atoms with van der Waals surface area (Å²) in [7, 11) is 0. The third kappa shape index (κ3) is 4.43. The van der Waals surface area contributed by atoms with Gasteiger partial charge in [-0.05, 0) is 60.9 Å². The molecular formula is C25H21NO3. The van der Waals surface area contributed by atoms with Gasteiger partial charge in [0, 0.05) is 5.56 Å². The Balaban J connectivity index is 1.46. The van der Waals surface area contributed by atoms with Crippen molar-refractivity contribution in [2.24, 2.45) is 4.99 Å². The Hall–Kier alpha value is -3.66. The van der Waals surface area contributed by atoms with E-state index in [2.05, 4.69) is 24.0 Å². The van der Waals surface area contributed by atoms with Crippen molar-refractivity contribution in [2.75, 3.05) is 0 Å². The number of cyclic esters (lactones) is 1. The van der Waals surface area contributed by atoms with Crippen molar-refractivity contribution in [1.29, 1.82) is 0 Å². The van der Waals surface area contributed by atoms with Crippen LogP contribution < -0.4 is 4.74 Å². The molecule has 0 bridgehead atoms. The van der Waals surface area contributed by atoms with Gasteiger partial charge in [-0.15, -0.1) is 0 Å². The number of hydrogen-bond donors (Lipinski definition) is 0. The maximum Gasteiger partial charge on any atom is 0.363 e. The highest BCUT2D eigenvalue weighted by atomic mass is 16.6. The van der Waals surface area contributed by atoms with Crippen LogP contribution in [0.15, 0.2) is 83.5 Å². The molecule has 1 aliphatic heterocycles. The minimum atomic E-state index is -0.444. The van der Waals surface area contributed by atoms with Gasteiger partial charge in [0.25, 0.3) is 0 Å². The molecular weight excluding hydrogens is 362 g/mol. The Kier molecular flexibility index (Phi) is 5.25. The van der Waals surface area contributed by atoms with Crippen molar-refractivity contribution in [2.45, 2.75) is 20.5 Å². The second kappa shape index (κ2) is 8.15. The van der Waals surface area contributed by atoms with Gasteiger partial charge in [-0.1, -0.05) is 54.1 Å². The van der Waals surface area contributed by atoms with Gasteiger partial charge in [0.05, 0.1) is 0 Å². The molecule has 1 aliphatic rings. The Morgan fingerprint density at radius 2 is 1.66 bits per heavy atom. The largest absolute Gasteiger partial charge is 0.489 e. The van der Waals surface area contributed by atoms with Crippen molar-refractivity contribution in [3.05, 3.63) is 106 Å². The number of ether oxygens (including phenoxy) is 2. The molecule has 0 amide bonds. The Morgan fingerprint density at radius 3 is 2.38 bits per heavy atom. The summed E-state index contributed by atoms with van der Waals surface area (Å²) in [6.45, 7) is 4.59. The fourth-order valence-electron chi connectivity index (χ4n) is 2.98. The van der Waals surface area contributed by atoms with Crippen molar-refractivity contribution in [3.63, 3.8) is 0 Å². The number of aliphatic imine (C=N–C) groups is 1. The predicted octanol–water partition coefficient (Wildman–Crippen LogP) is 5.23. The summed E-state index contributed by atoms with van der Waals surface area (Å²) >= 11 is 0. The van der Waals surface area contributed by atoms with E-state index in [-0.39, 0.29) is 5.70 Å². The third-order valence-corrected chi connectivity index (χ3v) is 4.76. The maximum atomic E-state index is 12.2. The Bertz CT molecular complexity index is 1090. The molecule has 29 heavy (non-hydrogen) atoms. The first-order valence-corrected chi connectivity index (χ1v) is 9.45. The van der Waals surface area contributed by atoms with Gasteiger partial charge in [0.1, 0.15) is 12.4 Å². The molecule has 0 saturated heterocycles. The quantitative estimate of drug-likeness (QED) is 0.448. The molecule has 0 aliphatic carbocycles. The third-order valence-electron chi connectivity index (χ3n) is 4.76. The van der Waals surface area contributed by atoms with Crippen LogP contribution in [0.3, 0.4) is 0 Å². The minimum absolute atomic E-state index is 0.286. The Labute approximate surface area is 170 Å². The second-order valence-electron chi connectivity index (χ2n) is 6.99. The molecule has 1 heterocycles. The van der Waals surface area contributed by atoms with Gasteiger partial charge in [-0.3, -0.25) is 0 Å². The fraction of sp³-hybridized carbons (Fsp3) is 0.120. The number of carbonyl (C=O) groups excluding carboxylic acids is 1. The van der Waals surface area contributed by atoms with Crippen LogP contribution in [-0.4, -0.2) is 11.9 Å². The van der Waals surface area contributed by atoms with Crippen molar-refractivity contribution >= 4 is 17.9 Å². The first-order chi connectivity index (χ1) is 14.1. The van der Waals surface area contributed by atoms with E-state index in [0.717, 1.165) is 28.0 Å². The van der Waals surface area contributed by atoms with E-state index in [1.54, 1.807) is 6.08 Å². The van der Waals surface area contributed by atoms with Crippen LogP contribution in [0.1, 0.15) is 27.8 Å². The summed E-state index contributed by atoms with van der Waals surface area (Å²) in [6, 6.07) is 23.4. The number of aryl methyl sites for hydroxylation is 2. The average Bonchev–Trinajstić information content (AvgIpc) is 3.09. The topological polar surface area (TPSA) is 47.9 Å². The summed E-state index contributed by atoms with van der Waals surface area (Å²) in [5.41, 5.74) is 5.43. The fourth-order valence-corrected chi connectivity index (χ4v) is 2.98. The molecule has 3 aromatic rings. The highest BCUT2D eigenvalue weighted by molar-refractivity contribution is 6.12. The number of carbonyl (C=O) groups is 1. The Morgan fingerprint density at radius 1 is 0.931 bits per heavy atom.